The van der Waals surface area contributed by atoms with E-state index in [0.29, 0.717) is 11.3 Å². The van der Waals surface area contributed by atoms with Crippen molar-refractivity contribution in [3.8, 4) is 0 Å². The molecule has 0 aromatic rings. The van der Waals surface area contributed by atoms with Gasteiger partial charge in [-0.05, 0) is 117 Å². The molecule has 2 N–H and O–H groups in total. The van der Waals surface area contributed by atoms with Crippen molar-refractivity contribution in [2.24, 2.45) is 46.3 Å². The first-order valence-corrected chi connectivity index (χ1v) is 13.6. The van der Waals surface area contributed by atoms with E-state index >= 15 is 0 Å². The van der Waals surface area contributed by atoms with Crippen LogP contribution in [0.4, 0.5) is 0 Å². The van der Waals surface area contributed by atoms with Gasteiger partial charge in [0.25, 0.3) is 0 Å². The van der Waals surface area contributed by atoms with Gasteiger partial charge < -0.3 is 10.2 Å². The summed E-state index contributed by atoms with van der Waals surface area (Å²) in [5.41, 5.74) is 1.68. The third-order valence-electron chi connectivity index (χ3n) is 10.9. The lowest BCUT2D eigenvalue weighted by molar-refractivity contribution is -0.0471. The van der Waals surface area contributed by atoms with Gasteiger partial charge in [-0.2, -0.15) is 0 Å². The zero-order valence-corrected chi connectivity index (χ0v) is 21.3. The van der Waals surface area contributed by atoms with E-state index in [1.807, 2.05) is 0 Å². The van der Waals surface area contributed by atoms with Crippen LogP contribution in [-0.4, -0.2) is 21.9 Å². The Morgan fingerprint density at radius 1 is 1.06 bits per heavy atom. The normalized spacial score (nSPS) is 44.6. The molecule has 0 aromatic heterocycles. The van der Waals surface area contributed by atoms with E-state index < -0.39 is 5.60 Å². The summed E-state index contributed by atoms with van der Waals surface area (Å²) in [7, 11) is 0. The van der Waals surface area contributed by atoms with Crippen molar-refractivity contribution in [1.82, 2.24) is 0 Å². The van der Waals surface area contributed by atoms with Gasteiger partial charge in [-0.3, -0.25) is 0 Å². The van der Waals surface area contributed by atoms with Gasteiger partial charge in [-0.25, -0.2) is 0 Å². The minimum Gasteiger partial charge on any atom is -0.393 e. The molecule has 4 aliphatic carbocycles. The minimum atomic E-state index is -0.427. The van der Waals surface area contributed by atoms with Crippen LogP contribution in [0.1, 0.15) is 112 Å². The Hall–Kier alpha value is -0.340. The Labute approximate surface area is 192 Å². The predicted molar refractivity (Wildman–Crippen MR) is 130 cm³/mol. The van der Waals surface area contributed by atoms with Crippen LogP contribution in [0.15, 0.2) is 11.6 Å². The van der Waals surface area contributed by atoms with Crippen molar-refractivity contribution >= 4 is 0 Å². The fraction of sp³-hybridized carbons (Fsp3) is 0.931. The molecule has 178 valence electrons. The Balaban J connectivity index is 1.44. The number of hydrogen-bond donors (Lipinski definition) is 2. The van der Waals surface area contributed by atoms with Crippen molar-refractivity contribution in [1.29, 1.82) is 0 Å². The molecule has 4 rings (SSSR count). The van der Waals surface area contributed by atoms with Crippen LogP contribution in [0.2, 0.25) is 0 Å². The summed E-state index contributed by atoms with van der Waals surface area (Å²) in [5.74, 6) is 4.93. The highest BCUT2D eigenvalue weighted by atomic mass is 16.3. The van der Waals surface area contributed by atoms with Gasteiger partial charge in [-0.15, -0.1) is 0 Å². The van der Waals surface area contributed by atoms with Crippen LogP contribution >= 0.6 is 0 Å². The van der Waals surface area contributed by atoms with E-state index in [0.717, 1.165) is 55.3 Å². The quantitative estimate of drug-likeness (QED) is 0.455. The third-order valence-corrected chi connectivity index (χ3v) is 10.9. The largest absolute Gasteiger partial charge is 0.393 e. The Morgan fingerprint density at radius 2 is 1.81 bits per heavy atom. The van der Waals surface area contributed by atoms with Gasteiger partial charge in [-0.1, -0.05) is 53.2 Å². The standard InChI is InChI=1S/C29H50O2/c1-7-29(31)17-15-21-20(18-29)9-10-23-22(21)14-16-28(6)24(11-12-25(23)28)19(2)8-13-26(30)27(3,4)5/h9,19,21-26,30-31H,7-8,10-18H2,1-6H3/t19-,21+,22-,23-,24-,25+,26-,28-,29+/m1/s1. The number of aliphatic hydroxyl groups excluding tert-OH is 1. The fourth-order valence-electron chi connectivity index (χ4n) is 8.70. The second-order valence-electron chi connectivity index (χ2n) is 13.5. The van der Waals surface area contributed by atoms with Crippen LogP contribution in [0.3, 0.4) is 0 Å². The predicted octanol–water partition coefficient (Wildman–Crippen LogP) is 7.14. The molecule has 3 fully saturated rings. The van der Waals surface area contributed by atoms with Gasteiger partial charge in [0.05, 0.1) is 11.7 Å². The summed E-state index contributed by atoms with van der Waals surface area (Å²) in [6.45, 7) is 13.7. The molecule has 0 spiro atoms. The van der Waals surface area contributed by atoms with E-state index in [4.69, 9.17) is 0 Å². The SMILES string of the molecule is CC[C@]1(O)CC[C@H]2C(=CC[C@@H]3[C@@H]2CC[C@]2(C)[C@@H]([C@H](C)CC[C@@H](O)C(C)(C)C)CC[C@@H]32)C1. The molecule has 2 heteroatoms. The molecule has 0 saturated heterocycles. The first-order valence-electron chi connectivity index (χ1n) is 13.6. The molecule has 3 saturated carbocycles. The molecule has 0 amide bonds. The average molecular weight is 431 g/mol. The van der Waals surface area contributed by atoms with E-state index in [2.05, 4.69) is 47.6 Å². The maximum Gasteiger partial charge on any atom is 0.0682 e. The second-order valence-corrected chi connectivity index (χ2v) is 13.5. The minimum absolute atomic E-state index is 0.00401. The highest BCUT2D eigenvalue weighted by molar-refractivity contribution is 5.22. The lowest BCUT2D eigenvalue weighted by atomic mass is 9.50. The number of hydrogen-bond acceptors (Lipinski definition) is 2. The van der Waals surface area contributed by atoms with Crippen LogP contribution in [0, 0.1) is 46.3 Å². The van der Waals surface area contributed by atoms with Gasteiger partial charge in [0.1, 0.15) is 0 Å². The molecule has 0 bridgehead atoms. The molecule has 2 nitrogen and oxygen atoms in total. The van der Waals surface area contributed by atoms with E-state index in [1.165, 1.54) is 44.9 Å². The Bertz CT molecular complexity index is 675. The maximum atomic E-state index is 10.9. The molecule has 0 radical (unpaired) electrons. The Morgan fingerprint density at radius 3 is 2.48 bits per heavy atom. The smallest absolute Gasteiger partial charge is 0.0682 e. The summed E-state index contributed by atoms with van der Waals surface area (Å²) >= 11 is 0. The highest BCUT2D eigenvalue weighted by Gasteiger charge is 2.57. The molecular formula is C29H50O2. The molecule has 9 atom stereocenters. The van der Waals surface area contributed by atoms with Crippen LogP contribution in [0.25, 0.3) is 0 Å². The van der Waals surface area contributed by atoms with E-state index in [9.17, 15) is 10.2 Å². The molecule has 31 heavy (non-hydrogen) atoms. The zero-order chi connectivity index (χ0) is 22.6. The third kappa shape index (κ3) is 4.30. The average Bonchev–Trinajstić information content (AvgIpc) is 3.08. The second kappa shape index (κ2) is 8.46. The van der Waals surface area contributed by atoms with Crippen molar-refractivity contribution in [3.63, 3.8) is 0 Å². The van der Waals surface area contributed by atoms with Crippen molar-refractivity contribution in [2.75, 3.05) is 0 Å². The van der Waals surface area contributed by atoms with Gasteiger partial charge in [0, 0.05) is 0 Å². The van der Waals surface area contributed by atoms with Gasteiger partial charge in [0.15, 0.2) is 0 Å². The first-order chi connectivity index (χ1) is 14.5. The maximum absolute atomic E-state index is 10.9. The summed E-state index contributed by atoms with van der Waals surface area (Å²) in [4.78, 5) is 0. The van der Waals surface area contributed by atoms with E-state index in [-0.39, 0.29) is 11.5 Å². The summed E-state index contributed by atoms with van der Waals surface area (Å²) < 4.78 is 0. The molecular weight excluding hydrogens is 380 g/mol. The monoisotopic (exact) mass is 430 g/mol. The van der Waals surface area contributed by atoms with Crippen LogP contribution in [-0.2, 0) is 0 Å². The fourth-order valence-corrected chi connectivity index (χ4v) is 8.70. The Kier molecular flexibility index (Phi) is 6.50. The zero-order valence-electron chi connectivity index (χ0n) is 21.3. The molecule has 4 aliphatic rings. The molecule has 0 aliphatic heterocycles. The number of fused-ring (bicyclic) bond motifs is 5. The lowest BCUT2D eigenvalue weighted by Gasteiger charge is -2.55. The number of rotatable bonds is 5. The van der Waals surface area contributed by atoms with Crippen molar-refractivity contribution < 1.29 is 10.2 Å². The van der Waals surface area contributed by atoms with Crippen LogP contribution in [0.5, 0.6) is 0 Å². The number of allylic oxidation sites excluding steroid dienone is 1. The highest BCUT2D eigenvalue weighted by Crippen LogP contribution is 2.65. The van der Waals surface area contributed by atoms with Gasteiger partial charge in [0.2, 0.25) is 0 Å². The summed E-state index contributed by atoms with van der Waals surface area (Å²) in [6.07, 6.45) is 15.4. The topological polar surface area (TPSA) is 40.5 Å². The lowest BCUT2D eigenvalue weighted by Crippen LogP contribution is -2.48. The van der Waals surface area contributed by atoms with Crippen molar-refractivity contribution in [3.05, 3.63) is 11.6 Å². The first kappa shape index (κ1) is 23.8. The van der Waals surface area contributed by atoms with Crippen molar-refractivity contribution in [2.45, 2.75) is 124 Å². The summed E-state index contributed by atoms with van der Waals surface area (Å²) in [5, 5.41) is 21.5. The number of aliphatic hydroxyl groups is 2. The summed E-state index contributed by atoms with van der Waals surface area (Å²) in [6, 6.07) is 0. The molecule has 0 aromatic carbocycles. The van der Waals surface area contributed by atoms with E-state index in [1.54, 1.807) is 5.57 Å². The van der Waals surface area contributed by atoms with Crippen LogP contribution < -0.4 is 0 Å². The molecule has 0 unspecified atom stereocenters. The van der Waals surface area contributed by atoms with Gasteiger partial charge >= 0.3 is 0 Å². The molecule has 0 heterocycles.